The summed E-state index contributed by atoms with van der Waals surface area (Å²) in [5, 5.41) is 2.93. The highest BCUT2D eigenvalue weighted by Gasteiger charge is 2.32. The Kier molecular flexibility index (Phi) is 4.11. The van der Waals surface area contributed by atoms with Gasteiger partial charge in [-0.2, -0.15) is 0 Å². The van der Waals surface area contributed by atoms with Gasteiger partial charge in [-0.1, -0.05) is 18.2 Å². The Morgan fingerprint density at radius 3 is 3.05 bits per heavy atom. The Balaban J connectivity index is 2.00. The van der Waals surface area contributed by atoms with Crippen molar-refractivity contribution < 1.29 is 9.53 Å². The zero-order valence-electron chi connectivity index (χ0n) is 12.8. The average molecular weight is 300 g/mol. The predicted octanol–water partition coefficient (Wildman–Crippen LogP) is 1.19. The molecule has 116 valence electrons. The average Bonchev–Trinajstić information content (AvgIpc) is 3.01. The number of fused-ring (bicyclic) bond motifs is 1. The van der Waals surface area contributed by atoms with Crippen LogP contribution in [0.3, 0.4) is 0 Å². The molecule has 0 saturated carbocycles. The molecule has 0 bridgehead atoms. The lowest BCUT2D eigenvalue weighted by atomic mass is 10.0. The number of rotatable bonds is 4. The first-order valence-electron chi connectivity index (χ1n) is 7.31. The molecule has 3 rings (SSSR count). The lowest BCUT2D eigenvalue weighted by Crippen LogP contribution is -2.44. The third-order valence-electron chi connectivity index (χ3n) is 4.01. The van der Waals surface area contributed by atoms with Gasteiger partial charge in [-0.3, -0.25) is 4.79 Å². The molecule has 1 aromatic heterocycles. The lowest BCUT2D eigenvalue weighted by Gasteiger charge is -2.37. The van der Waals surface area contributed by atoms with Gasteiger partial charge >= 0.3 is 0 Å². The number of hydrogen-bond acceptors (Lipinski definition) is 4. The summed E-state index contributed by atoms with van der Waals surface area (Å²) in [5.41, 5.74) is 1.02. The van der Waals surface area contributed by atoms with Crippen LogP contribution >= 0.6 is 0 Å². The molecule has 1 aromatic carbocycles. The number of ether oxygens (including phenoxy) is 1. The third kappa shape index (κ3) is 2.57. The first kappa shape index (κ1) is 14.6. The summed E-state index contributed by atoms with van der Waals surface area (Å²) >= 11 is 0. The Labute approximate surface area is 129 Å². The van der Waals surface area contributed by atoms with E-state index in [2.05, 4.69) is 14.9 Å². The van der Waals surface area contributed by atoms with Crippen molar-refractivity contribution in [1.29, 1.82) is 0 Å². The van der Waals surface area contributed by atoms with Crippen LogP contribution in [0.1, 0.15) is 17.4 Å². The first-order valence-corrected chi connectivity index (χ1v) is 7.31. The molecular weight excluding hydrogens is 280 g/mol. The van der Waals surface area contributed by atoms with Crippen LogP contribution in [0, 0.1) is 0 Å². The van der Waals surface area contributed by atoms with E-state index in [1.807, 2.05) is 35.4 Å². The van der Waals surface area contributed by atoms with Gasteiger partial charge in [0.2, 0.25) is 5.91 Å². The second-order valence-corrected chi connectivity index (χ2v) is 5.31. The fourth-order valence-electron chi connectivity index (χ4n) is 2.93. The summed E-state index contributed by atoms with van der Waals surface area (Å²) in [6, 6.07) is 7.80. The van der Waals surface area contributed by atoms with Crippen molar-refractivity contribution in [3.05, 3.63) is 48.0 Å². The van der Waals surface area contributed by atoms with E-state index in [4.69, 9.17) is 4.74 Å². The molecular formula is C16H20N4O2. The van der Waals surface area contributed by atoms with Crippen molar-refractivity contribution in [2.45, 2.75) is 19.1 Å². The quantitative estimate of drug-likeness (QED) is 0.921. The molecule has 2 heterocycles. The number of likely N-dealkylation sites (N-methyl/N-ethyl adjacent to an activating group) is 1. The summed E-state index contributed by atoms with van der Waals surface area (Å²) < 4.78 is 7.58. The number of hydrogen-bond donors (Lipinski definition) is 1. The van der Waals surface area contributed by atoms with Crippen molar-refractivity contribution >= 4 is 5.91 Å². The fourth-order valence-corrected chi connectivity index (χ4v) is 2.93. The summed E-state index contributed by atoms with van der Waals surface area (Å²) in [6.45, 7) is 1.51. The highest BCUT2D eigenvalue weighted by molar-refractivity contribution is 5.79. The second-order valence-electron chi connectivity index (χ2n) is 5.31. The first-order chi connectivity index (χ1) is 10.7. The van der Waals surface area contributed by atoms with E-state index in [9.17, 15) is 4.79 Å². The maximum absolute atomic E-state index is 12.5. The second kappa shape index (κ2) is 6.19. The van der Waals surface area contributed by atoms with E-state index in [1.165, 1.54) is 0 Å². The van der Waals surface area contributed by atoms with Crippen LogP contribution in [0.4, 0.5) is 0 Å². The number of aromatic nitrogens is 2. The van der Waals surface area contributed by atoms with Crippen LogP contribution in [-0.2, 0) is 17.9 Å². The van der Waals surface area contributed by atoms with Gasteiger partial charge in [-0.05, 0) is 13.1 Å². The molecule has 1 unspecified atom stereocenters. The van der Waals surface area contributed by atoms with Gasteiger partial charge in [0.15, 0.2) is 0 Å². The smallest absolute Gasteiger partial charge is 0.237 e. The van der Waals surface area contributed by atoms with E-state index in [1.54, 1.807) is 20.4 Å². The minimum atomic E-state index is -0.0568. The lowest BCUT2D eigenvalue weighted by molar-refractivity contribution is -0.134. The van der Waals surface area contributed by atoms with Gasteiger partial charge < -0.3 is 19.5 Å². The predicted molar refractivity (Wildman–Crippen MR) is 82.4 cm³/mol. The maximum atomic E-state index is 12.5. The van der Waals surface area contributed by atoms with Crippen molar-refractivity contribution in [2.75, 3.05) is 20.7 Å². The van der Waals surface area contributed by atoms with E-state index < -0.39 is 0 Å². The Morgan fingerprint density at radius 2 is 2.27 bits per heavy atom. The van der Waals surface area contributed by atoms with Crippen LogP contribution in [0.2, 0.25) is 0 Å². The highest BCUT2D eigenvalue weighted by Crippen LogP contribution is 2.34. The Bertz CT molecular complexity index is 668. The molecule has 1 atom stereocenters. The number of para-hydroxylation sites is 1. The normalized spacial score (nSPS) is 17.2. The summed E-state index contributed by atoms with van der Waals surface area (Å²) in [6.07, 6.45) is 3.73. The SMILES string of the molecule is CNCC(=O)N1Cc2nccn2CC1c1ccccc1OC. The van der Waals surface area contributed by atoms with Crippen molar-refractivity contribution in [1.82, 2.24) is 19.8 Å². The van der Waals surface area contributed by atoms with Crippen molar-refractivity contribution in [3.63, 3.8) is 0 Å². The largest absolute Gasteiger partial charge is 0.496 e. The van der Waals surface area contributed by atoms with Crippen LogP contribution in [0.25, 0.3) is 0 Å². The fraction of sp³-hybridized carbons (Fsp3) is 0.375. The Hall–Kier alpha value is -2.34. The number of nitrogens with zero attached hydrogens (tertiary/aromatic N) is 3. The molecule has 1 N–H and O–H groups in total. The van der Waals surface area contributed by atoms with Crippen LogP contribution < -0.4 is 10.1 Å². The van der Waals surface area contributed by atoms with Gasteiger partial charge in [0.25, 0.3) is 0 Å². The number of amides is 1. The third-order valence-corrected chi connectivity index (χ3v) is 4.01. The molecule has 0 fully saturated rings. The van der Waals surface area contributed by atoms with E-state index in [-0.39, 0.29) is 11.9 Å². The van der Waals surface area contributed by atoms with Gasteiger partial charge in [-0.15, -0.1) is 0 Å². The van der Waals surface area contributed by atoms with Gasteiger partial charge in [0.05, 0.1) is 26.2 Å². The van der Waals surface area contributed by atoms with Gasteiger partial charge in [-0.25, -0.2) is 4.98 Å². The van der Waals surface area contributed by atoms with Crippen molar-refractivity contribution in [3.8, 4) is 5.75 Å². The van der Waals surface area contributed by atoms with Crippen LogP contribution in [-0.4, -0.2) is 41.1 Å². The topological polar surface area (TPSA) is 59.4 Å². The molecule has 1 amide bonds. The molecule has 2 aromatic rings. The van der Waals surface area contributed by atoms with Gasteiger partial charge in [0.1, 0.15) is 11.6 Å². The monoisotopic (exact) mass is 300 g/mol. The number of benzene rings is 1. The van der Waals surface area contributed by atoms with E-state index >= 15 is 0 Å². The molecule has 22 heavy (non-hydrogen) atoms. The summed E-state index contributed by atoms with van der Waals surface area (Å²) in [4.78, 5) is 18.7. The molecule has 1 aliphatic rings. The zero-order chi connectivity index (χ0) is 15.5. The van der Waals surface area contributed by atoms with E-state index in [0.717, 1.165) is 17.1 Å². The number of imidazole rings is 1. The number of nitrogens with one attached hydrogen (secondary N) is 1. The molecule has 0 aliphatic carbocycles. The van der Waals surface area contributed by atoms with Gasteiger partial charge in [0, 0.05) is 24.5 Å². The van der Waals surface area contributed by atoms with E-state index in [0.29, 0.717) is 19.6 Å². The van der Waals surface area contributed by atoms with Crippen molar-refractivity contribution in [2.24, 2.45) is 0 Å². The summed E-state index contributed by atoms with van der Waals surface area (Å²) in [7, 11) is 3.44. The maximum Gasteiger partial charge on any atom is 0.237 e. The molecule has 1 aliphatic heterocycles. The minimum Gasteiger partial charge on any atom is -0.496 e. The number of methoxy groups -OCH3 is 1. The molecule has 6 heteroatoms. The zero-order valence-corrected chi connectivity index (χ0v) is 12.8. The summed E-state index contributed by atoms with van der Waals surface area (Å²) in [5.74, 6) is 1.78. The number of carbonyl (C=O) groups excluding carboxylic acids is 1. The molecule has 0 radical (unpaired) electrons. The Morgan fingerprint density at radius 1 is 1.45 bits per heavy atom. The van der Waals surface area contributed by atoms with Crippen LogP contribution in [0.15, 0.2) is 36.7 Å². The van der Waals surface area contributed by atoms with Crippen LogP contribution in [0.5, 0.6) is 5.75 Å². The molecule has 0 saturated heterocycles. The molecule has 6 nitrogen and oxygen atoms in total. The molecule has 0 spiro atoms. The highest BCUT2D eigenvalue weighted by atomic mass is 16.5. The number of carbonyl (C=O) groups is 1. The minimum absolute atomic E-state index is 0.0568. The standard InChI is InChI=1S/C16H20N4O2/c1-17-9-16(21)20-11-15-18-7-8-19(15)10-13(20)12-5-3-4-6-14(12)22-2/h3-8,13,17H,9-11H2,1-2H3.